The predicted molar refractivity (Wildman–Crippen MR) is 56.7 cm³/mol. The highest BCUT2D eigenvalue weighted by Crippen LogP contribution is 2.14. The smallest absolute Gasteiger partial charge is 0.287 e. The summed E-state index contributed by atoms with van der Waals surface area (Å²) in [6.07, 6.45) is 0.133. The lowest BCUT2D eigenvalue weighted by molar-refractivity contribution is -0.124. The molecule has 1 amide bonds. The Morgan fingerprint density at radius 1 is 1.40 bits per heavy atom. The standard InChI is InChI=1S/C11H12N2O2/c1-2-9-10(11(14)13-12-9)15-8-6-4-3-5-7-8/h3-7,10H,2H2,1H3,(H,13,14). The minimum atomic E-state index is -0.572. The maximum Gasteiger partial charge on any atom is 0.287 e. The fraction of sp³-hybridized carbons (Fsp3) is 0.273. The topological polar surface area (TPSA) is 50.7 Å². The molecule has 1 aliphatic rings. The van der Waals surface area contributed by atoms with Gasteiger partial charge in [0.25, 0.3) is 5.91 Å². The zero-order valence-electron chi connectivity index (χ0n) is 8.43. The van der Waals surface area contributed by atoms with Crippen LogP contribution in [0.1, 0.15) is 13.3 Å². The van der Waals surface area contributed by atoms with Crippen LogP contribution in [0.3, 0.4) is 0 Å². The lowest BCUT2D eigenvalue weighted by Gasteiger charge is -2.12. The van der Waals surface area contributed by atoms with Gasteiger partial charge in [-0.1, -0.05) is 25.1 Å². The molecule has 0 bridgehead atoms. The summed E-state index contributed by atoms with van der Waals surface area (Å²) >= 11 is 0. The third-order valence-corrected chi connectivity index (χ3v) is 2.21. The summed E-state index contributed by atoms with van der Waals surface area (Å²) in [7, 11) is 0. The summed E-state index contributed by atoms with van der Waals surface area (Å²) in [6.45, 7) is 1.94. The summed E-state index contributed by atoms with van der Waals surface area (Å²) in [6, 6.07) is 9.27. The molecule has 1 heterocycles. The van der Waals surface area contributed by atoms with Crippen LogP contribution < -0.4 is 10.2 Å². The normalized spacial score (nSPS) is 19.7. The molecule has 0 fully saturated rings. The molecule has 0 aliphatic carbocycles. The van der Waals surface area contributed by atoms with Gasteiger partial charge in [0.05, 0.1) is 5.71 Å². The third kappa shape index (κ3) is 1.98. The van der Waals surface area contributed by atoms with E-state index >= 15 is 0 Å². The highest BCUT2D eigenvalue weighted by atomic mass is 16.5. The highest BCUT2D eigenvalue weighted by Gasteiger charge is 2.30. The van der Waals surface area contributed by atoms with Gasteiger partial charge in [-0.25, -0.2) is 5.43 Å². The van der Waals surface area contributed by atoms with Crippen molar-refractivity contribution < 1.29 is 9.53 Å². The van der Waals surface area contributed by atoms with Crippen LogP contribution in [0.15, 0.2) is 35.4 Å². The minimum absolute atomic E-state index is 0.198. The molecule has 15 heavy (non-hydrogen) atoms. The molecule has 1 aromatic rings. The van der Waals surface area contributed by atoms with Gasteiger partial charge in [0, 0.05) is 0 Å². The summed E-state index contributed by atoms with van der Waals surface area (Å²) in [5, 5.41) is 3.90. The summed E-state index contributed by atoms with van der Waals surface area (Å²) in [5.74, 6) is 0.483. The molecule has 0 saturated heterocycles. The Hall–Kier alpha value is -1.84. The summed E-state index contributed by atoms with van der Waals surface area (Å²) < 4.78 is 5.55. The first-order chi connectivity index (χ1) is 7.31. The number of hydrogen-bond acceptors (Lipinski definition) is 3. The van der Waals surface area contributed by atoms with E-state index in [0.717, 1.165) is 5.71 Å². The number of hydrogen-bond donors (Lipinski definition) is 1. The fourth-order valence-electron chi connectivity index (χ4n) is 1.42. The molecule has 2 rings (SSSR count). The molecule has 0 radical (unpaired) electrons. The Bertz CT molecular complexity index is 387. The lowest BCUT2D eigenvalue weighted by atomic mass is 10.2. The molecule has 1 N–H and O–H groups in total. The van der Waals surface area contributed by atoms with Crippen molar-refractivity contribution in [1.29, 1.82) is 0 Å². The van der Waals surface area contributed by atoms with Crippen molar-refractivity contribution in [3.8, 4) is 5.75 Å². The zero-order chi connectivity index (χ0) is 10.7. The van der Waals surface area contributed by atoms with Crippen molar-refractivity contribution >= 4 is 11.6 Å². The van der Waals surface area contributed by atoms with Crippen molar-refractivity contribution in [1.82, 2.24) is 5.43 Å². The number of carbonyl (C=O) groups excluding carboxylic acids is 1. The SMILES string of the molecule is CCC1=NNC(=O)C1Oc1ccccc1. The number of hydrazone groups is 1. The van der Waals surface area contributed by atoms with Crippen molar-refractivity contribution in [2.75, 3.05) is 0 Å². The Balaban J connectivity index is 2.12. The number of para-hydroxylation sites is 1. The van der Waals surface area contributed by atoms with E-state index in [0.29, 0.717) is 12.2 Å². The second-order valence-corrected chi connectivity index (χ2v) is 3.24. The number of benzene rings is 1. The molecular weight excluding hydrogens is 192 g/mol. The van der Waals surface area contributed by atoms with Gasteiger partial charge in [0.1, 0.15) is 5.75 Å². The van der Waals surface area contributed by atoms with Crippen LogP contribution >= 0.6 is 0 Å². The van der Waals surface area contributed by atoms with Gasteiger partial charge in [-0.2, -0.15) is 5.10 Å². The predicted octanol–water partition coefficient (Wildman–Crippen LogP) is 1.33. The van der Waals surface area contributed by atoms with Crippen LogP contribution in [0.4, 0.5) is 0 Å². The van der Waals surface area contributed by atoms with E-state index in [2.05, 4.69) is 10.5 Å². The van der Waals surface area contributed by atoms with E-state index in [9.17, 15) is 4.79 Å². The van der Waals surface area contributed by atoms with E-state index < -0.39 is 6.10 Å². The van der Waals surface area contributed by atoms with Crippen molar-refractivity contribution in [3.05, 3.63) is 30.3 Å². The van der Waals surface area contributed by atoms with Crippen LogP contribution in [0, 0.1) is 0 Å². The quantitative estimate of drug-likeness (QED) is 0.807. The van der Waals surface area contributed by atoms with Gasteiger partial charge in [-0.3, -0.25) is 4.79 Å². The van der Waals surface area contributed by atoms with Crippen LogP contribution in [-0.2, 0) is 4.79 Å². The van der Waals surface area contributed by atoms with E-state index in [-0.39, 0.29) is 5.91 Å². The molecule has 0 aromatic heterocycles. The average Bonchev–Trinajstić information content (AvgIpc) is 2.62. The largest absolute Gasteiger partial charge is 0.474 e. The number of rotatable bonds is 3. The second kappa shape index (κ2) is 4.13. The number of ether oxygens (including phenoxy) is 1. The molecule has 1 aliphatic heterocycles. The number of amides is 1. The lowest BCUT2D eigenvalue weighted by Crippen LogP contribution is -2.34. The number of nitrogens with zero attached hydrogens (tertiary/aromatic N) is 1. The average molecular weight is 204 g/mol. The van der Waals surface area contributed by atoms with Gasteiger partial charge in [-0.05, 0) is 18.6 Å². The molecule has 1 atom stereocenters. The van der Waals surface area contributed by atoms with E-state index in [4.69, 9.17) is 4.74 Å². The van der Waals surface area contributed by atoms with Gasteiger partial charge in [0.15, 0.2) is 0 Å². The Kier molecular flexibility index (Phi) is 2.67. The molecular formula is C11H12N2O2. The second-order valence-electron chi connectivity index (χ2n) is 3.24. The summed E-state index contributed by atoms with van der Waals surface area (Å²) in [5.41, 5.74) is 3.15. The van der Waals surface area contributed by atoms with E-state index in [1.807, 2.05) is 37.3 Å². The first-order valence-electron chi connectivity index (χ1n) is 4.89. The number of nitrogens with one attached hydrogen (secondary N) is 1. The highest BCUT2D eigenvalue weighted by molar-refractivity contribution is 6.10. The molecule has 78 valence electrons. The van der Waals surface area contributed by atoms with Crippen LogP contribution in [0.5, 0.6) is 5.75 Å². The molecule has 0 spiro atoms. The first-order valence-corrected chi connectivity index (χ1v) is 4.89. The monoisotopic (exact) mass is 204 g/mol. The Morgan fingerprint density at radius 3 is 2.80 bits per heavy atom. The van der Waals surface area contributed by atoms with E-state index in [1.54, 1.807) is 0 Å². The fourth-order valence-corrected chi connectivity index (χ4v) is 1.42. The maximum atomic E-state index is 11.4. The summed E-state index contributed by atoms with van der Waals surface area (Å²) in [4.78, 5) is 11.4. The van der Waals surface area contributed by atoms with Crippen molar-refractivity contribution in [2.24, 2.45) is 5.10 Å². The molecule has 4 heteroatoms. The zero-order valence-corrected chi connectivity index (χ0v) is 8.43. The van der Waals surface area contributed by atoms with Gasteiger partial charge < -0.3 is 4.74 Å². The molecule has 0 saturated carbocycles. The van der Waals surface area contributed by atoms with Crippen LogP contribution in [0.2, 0.25) is 0 Å². The van der Waals surface area contributed by atoms with Gasteiger partial charge in [-0.15, -0.1) is 0 Å². The van der Waals surface area contributed by atoms with Crippen LogP contribution in [0.25, 0.3) is 0 Å². The number of carbonyl (C=O) groups is 1. The van der Waals surface area contributed by atoms with Crippen molar-refractivity contribution in [3.63, 3.8) is 0 Å². The minimum Gasteiger partial charge on any atom is -0.474 e. The van der Waals surface area contributed by atoms with Crippen LogP contribution in [-0.4, -0.2) is 17.7 Å². The van der Waals surface area contributed by atoms with E-state index in [1.165, 1.54) is 0 Å². The van der Waals surface area contributed by atoms with Gasteiger partial charge >= 0.3 is 0 Å². The molecule has 4 nitrogen and oxygen atoms in total. The third-order valence-electron chi connectivity index (χ3n) is 2.21. The van der Waals surface area contributed by atoms with Crippen molar-refractivity contribution in [2.45, 2.75) is 19.4 Å². The first kappa shape index (κ1) is 9.71. The maximum absolute atomic E-state index is 11.4. The molecule has 1 aromatic carbocycles. The van der Waals surface area contributed by atoms with Gasteiger partial charge in [0.2, 0.25) is 6.10 Å². The Labute approximate surface area is 87.9 Å². The molecule has 1 unspecified atom stereocenters. The Morgan fingerprint density at radius 2 is 2.13 bits per heavy atom.